The van der Waals surface area contributed by atoms with Crippen molar-refractivity contribution < 1.29 is 18.7 Å². The van der Waals surface area contributed by atoms with E-state index in [-0.39, 0.29) is 23.7 Å². The minimum atomic E-state index is -0.511. The Labute approximate surface area is 184 Å². The summed E-state index contributed by atoms with van der Waals surface area (Å²) in [5.41, 5.74) is 9.29. The molecular formula is C23H23N5O4. The van der Waals surface area contributed by atoms with Crippen LogP contribution in [0.4, 0.5) is 5.82 Å². The van der Waals surface area contributed by atoms with E-state index in [1.165, 1.54) is 0 Å². The van der Waals surface area contributed by atoms with Crippen molar-refractivity contribution in [1.29, 1.82) is 0 Å². The summed E-state index contributed by atoms with van der Waals surface area (Å²) in [6.45, 7) is 5.57. The molecule has 0 radical (unpaired) electrons. The number of anilines is 1. The Bertz CT molecular complexity index is 1340. The van der Waals surface area contributed by atoms with E-state index in [1.807, 2.05) is 42.0 Å². The van der Waals surface area contributed by atoms with Gasteiger partial charge in [-0.3, -0.25) is 0 Å². The van der Waals surface area contributed by atoms with Crippen LogP contribution in [0.3, 0.4) is 0 Å². The summed E-state index contributed by atoms with van der Waals surface area (Å²) in [6.07, 6.45) is 7.22. The second kappa shape index (κ2) is 8.54. The molecule has 164 valence electrons. The highest BCUT2D eigenvalue weighted by molar-refractivity contribution is 6.07. The predicted molar refractivity (Wildman–Crippen MR) is 121 cm³/mol. The maximum atomic E-state index is 12.3. The molecule has 0 amide bonds. The molecule has 2 N–H and O–H groups in total. The van der Waals surface area contributed by atoms with E-state index in [0.29, 0.717) is 22.7 Å². The first-order chi connectivity index (χ1) is 15.4. The van der Waals surface area contributed by atoms with Crippen LogP contribution in [0.2, 0.25) is 0 Å². The van der Waals surface area contributed by atoms with Crippen molar-refractivity contribution in [2.75, 3.05) is 19.5 Å². The molecule has 3 aromatic heterocycles. The van der Waals surface area contributed by atoms with Gasteiger partial charge < -0.3 is 24.2 Å². The Kier molecular flexibility index (Phi) is 5.63. The fraction of sp³-hybridized carbons (Fsp3) is 0.217. The first kappa shape index (κ1) is 21.1. The van der Waals surface area contributed by atoms with Gasteiger partial charge in [0.25, 0.3) is 0 Å². The van der Waals surface area contributed by atoms with Crippen LogP contribution in [-0.4, -0.2) is 39.2 Å². The Balaban J connectivity index is 1.66. The number of methoxy groups -OCH3 is 1. The molecule has 1 aromatic carbocycles. The number of esters is 1. The number of benzene rings is 1. The van der Waals surface area contributed by atoms with Crippen molar-refractivity contribution in [2.24, 2.45) is 0 Å². The van der Waals surface area contributed by atoms with Gasteiger partial charge in [0.15, 0.2) is 5.82 Å². The number of hydrogen-bond acceptors (Lipinski definition) is 8. The van der Waals surface area contributed by atoms with E-state index < -0.39 is 5.97 Å². The number of fused-ring (bicyclic) bond motifs is 1. The minimum absolute atomic E-state index is 0.151. The molecule has 0 saturated heterocycles. The third-order valence-corrected chi connectivity index (χ3v) is 4.87. The fourth-order valence-electron chi connectivity index (χ4n) is 3.41. The lowest BCUT2D eigenvalue weighted by Crippen LogP contribution is -2.07. The lowest BCUT2D eigenvalue weighted by Gasteiger charge is -2.10. The van der Waals surface area contributed by atoms with Crippen molar-refractivity contribution in [3.63, 3.8) is 0 Å². The van der Waals surface area contributed by atoms with Gasteiger partial charge in [-0.2, -0.15) is 4.98 Å². The summed E-state index contributed by atoms with van der Waals surface area (Å²) in [5.74, 6) is 1.07. The van der Waals surface area contributed by atoms with Crippen LogP contribution in [0.25, 0.3) is 28.9 Å². The third-order valence-electron chi connectivity index (χ3n) is 4.87. The van der Waals surface area contributed by atoms with Gasteiger partial charge in [0.05, 0.1) is 36.8 Å². The van der Waals surface area contributed by atoms with Gasteiger partial charge in [0.2, 0.25) is 5.71 Å². The topological polar surface area (TPSA) is 118 Å². The highest BCUT2D eigenvalue weighted by Crippen LogP contribution is 2.29. The van der Waals surface area contributed by atoms with Crippen LogP contribution in [-0.2, 0) is 4.74 Å². The summed E-state index contributed by atoms with van der Waals surface area (Å²) in [7, 11) is 1.62. The number of nitrogen functional groups attached to an aromatic ring is 1. The number of carbonyl (C=O) groups is 1. The summed E-state index contributed by atoms with van der Waals surface area (Å²) in [4.78, 5) is 25.2. The van der Waals surface area contributed by atoms with E-state index in [1.54, 1.807) is 33.4 Å². The molecule has 0 aliphatic carbocycles. The third kappa shape index (κ3) is 3.92. The molecule has 32 heavy (non-hydrogen) atoms. The highest BCUT2D eigenvalue weighted by atomic mass is 16.5. The summed E-state index contributed by atoms with van der Waals surface area (Å²) >= 11 is 0. The highest BCUT2D eigenvalue weighted by Gasteiger charge is 2.23. The van der Waals surface area contributed by atoms with Gasteiger partial charge in [-0.1, -0.05) is 12.1 Å². The van der Waals surface area contributed by atoms with Crippen molar-refractivity contribution >= 4 is 35.0 Å². The number of carbonyl (C=O) groups excluding carboxylic acids is 1. The largest absolute Gasteiger partial charge is 0.495 e. The molecule has 4 rings (SSSR count). The predicted octanol–water partition coefficient (Wildman–Crippen LogP) is 3.96. The van der Waals surface area contributed by atoms with Crippen LogP contribution in [0.5, 0.6) is 5.75 Å². The summed E-state index contributed by atoms with van der Waals surface area (Å²) in [6, 6.07) is 5.79. The number of furan rings is 1. The van der Waals surface area contributed by atoms with E-state index in [4.69, 9.17) is 19.6 Å². The molecule has 0 atom stereocenters. The molecule has 0 aliphatic heterocycles. The lowest BCUT2D eigenvalue weighted by atomic mass is 10.1. The van der Waals surface area contributed by atoms with Crippen LogP contribution in [0, 0.1) is 13.8 Å². The average Bonchev–Trinajstić information content (AvgIpc) is 3.34. The van der Waals surface area contributed by atoms with Gasteiger partial charge in [-0.05, 0) is 44.5 Å². The first-order valence-corrected chi connectivity index (χ1v) is 10.0. The molecular weight excluding hydrogens is 410 g/mol. The minimum Gasteiger partial charge on any atom is -0.495 e. The van der Waals surface area contributed by atoms with Crippen molar-refractivity contribution in [3.8, 4) is 11.4 Å². The molecule has 0 spiro atoms. The van der Waals surface area contributed by atoms with Crippen LogP contribution >= 0.6 is 0 Å². The molecule has 4 aromatic rings. The maximum Gasteiger partial charge on any atom is 0.342 e. The van der Waals surface area contributed by atoms with Gasteiger partial charge in [0, 0.05) is 6.20 Å². The molecule has 3 heterocycles. The van der Waals surface area contributed by atoms with Crippen LogP contribution < -0.4 is 10.5 Å². The Morgan fingerprint density at radius 2 is 2.06 bits per heavy atom. The Hall–Kier alpha value is -4.14. The smallest absolute Gasteiger partial charge is 0.342 e. The molecule has 0 fully saturated rings. The molecule has 0 bridgehead atoms. The number of rotatable bonds is 6. The number of aryl methyl sites for hydroxylation is 2. The SMILES string of the molecule is CCOC(=O)c1c(C)oc2nc(/C=C/c3ccc(-n4cnc(C)c4)c(OC)c3)nc(N)c12. The molecule has 9 heteroatoms. The average molecular weight is 433 g/mol. The van der Waals surface area contributed by atoms with E-state index in [0.717, 1.165) is 16.9 Å². The number of hydrogen-bond donors (Lipinski definition) is 1. The van der Waals surface area contributed by atoms with Crippen molar-refractivity contribution in [2.45, 2.75) is 20.8 Å². The molecule has 0 unspecified atom stereocenters. The molecule has 0 aliphatic rings. The monoisotopic (exact) mass is 433 g/mol. The van der Waals surface area contributed by atoms with Gasteiger partial charge in [0.1, 0.15) is 22.9 Å². The number of ether oxygens (including phenoxy) is 2. The van der Waals surface area contributed by atoms with E-state index in [2.05, 4.69) is 15.0 Å². The van der Waals surface area contributed by atoms with E-state index >= 15 is 0 Å². The normalized spacial score (nSPS) is 11.4. The summed E-state index contributed by atoms with van der Waals surface area (Å²) in [5, 5.41) is 0.361. The second-order valence-electron chi connectivity index (χ2n) is 7.09. The molecule has 9 nitrogen and oxygen atoms in total. The molecule has 0 saturated carbocycles. The van der Waals surface area contributed by atoms with E-state index in [9.17, 15) is 4.79 Å². The zero-order valence-electron chi connectivity index (χ0n) is 18.2. The van der Waals surface area contributed by atoms with Crippen LogP contribution in [0.1, 0.15) is 40.1 Å². The zero-order valence-corrected chi connectivity index (χ0v) is 18.2. The van der Waals surface area contributed by atoms with Crippen molar-refractivity contribution in [3.05, 3.63) is 59.1 Å². The maximum absolute atomic E-state index is 12.3. The quantitative estimate of drug-likeness (QED) is 0.454. The zero-order chi connectivity index (χ0) is 22.8. The Morgan fingerprint density at radius 3 is 2.75 bits per heavy atom. The first-order valence-electron chi connectivity index (χ1n) is 10.0. The van der Waals surface area contributed by atoms with Gasteiger partial charge in [-0.15, -0.1) is 0 Å². The number of nitrogens with two attached hydrogens (primary N) is 1. The van der Waals surface area contributed by atoms with Crippen molar-refractivity contribution in [1.82, 2.24) is 19.5 Å². The standard InChI is InChI=1S/C23H23N5O4/c1-5-31-23(29)19-14(3)32-22-20(19)21(24)26-18(27-22)9-7-15-6-8-16(17(10-15)30-4)28-11-13(2)25-12-28/h6-12H,5H2,1-4H3,(H2,24,26,27)/b9-7+. The van der Waals surface area contributed by atoms with Gasteiger partial charge >= 0.3 is 5.97 Å². The number of imidazole rings is 1. The fourth-order valence-corrected chi connectivity index (χ4v) is 3.41. The number of nitrogens with zero attached hydrogens (tertiary/aromatic N) is 4. The number of aromatic nitrogens is 4. The lowest BCUT2D eigenvalue weighted by molar-refractivity contribution is 0.0526. The van der Waals surface area contributed by atoms with Gasteiger partial charge in [-0.25, -0.2) is 14.8 Å². The summed E-state index contributed by atoms with van der Waals surface area (Å²) < 4.78 is 18.2. The Morgan fingerprint density at radius 1 is 1.25 bits per heavy atom. The second-order valence-corrected chi connectivity index (χ2v) is 7.09. The van der Waals surface area contributed by atoms with Crippen LogP contribution in [0.15, 0.2) is 35.1 Å².